The predicted molar refractivity (Wildman–Crippen MR) is 61.1 cm³/mol. The zero-order valence-electron chi connectivity index (χ0n) is 8.22. The van der Waals surface area contributed by atoms with Gasteiger partial charge < -0.3 is 5.11 Å². The van der Waals surface area contributed by atoms with E-state index in [4.69, 9.17) is 0 Å². The van der Waals surface area contributed by atoms with E-state index >= 15 is 0 Å². The maximum Gasteiger partial charge on any atom is 0.115 e. The molecule has 0 spiro atoms. The first-order valence-corrected chi connectivity index (χ1v) is 5.06. The van der Waals surface area contributed by atoms with E-state index < -0.39 is 0 Å². The summed E-state index contributed by atoms with van der Waals surface area (Å²) < 4.78 is 0. The number of allylic oxidation sites excluding steroid dienone is 2. The Bertz CT molecular complexity index is 497. The number of hydrogen-bond acceptors (Lipinski definition) is 2. The molecule has 74 valence electrons. The van der Waals surface area contributed by atoms with E-state index in [1.54, 1.807) is 6.07 Å². The summed E-state index contributed by atoms with van der Waals surface area (Å²) in [7, 11) is 0. The Hall–Kier alpha value is -1.83. The second kappa shape index (κ2) is 3.09. The number of aliphatic imine (C=N–C) groups is 1. The van der Waals surface area contributed by atoms with Gasteiger partial charge in [0.25, 0.3) is 0 Å². The molecule has 2 aliphatic rings. The van der Waals surface area contributed by atoms with Gasteiger partial charge in [0.15, 0.2) is 0 Å². The van der Waals surface area contributed by atoms with Gasteiger partial charge in [-0.05, 0) is 41.3 Å². The Morgan fingerprint density at radius 3 is 3.20 bits per heavy atom. The number of benzene rings is 1. The van der Waals surface area contributed by atoms with Crippen LogP contribution in [0.25, 0.3) is 6.08 Å². The largest absolute Gasteiger partial charge is 0.508 e. The molecule has 3 rings (SSSR count). The number of fused-ring (bicyclic) bond motifs is 4. The Morgan fingerprint density at radius 1 is 1.33 bits per heavy atom. The SMILES string of the molecule is Oc1ccc2c(c1)[C@@H]1C=CN=CC(=C2)C1. The minimum Gasteiger partial charge on any atom is -0.508 e. The summed E-state index contributed by atoms with van der Waals surface area (Å²) in [6, 6.07) is 5.54. The minimum absolute atomic E-state index is 0.337. The van der Waals surface area contributed by atoms with Gasteiger partial charge in [-0.25, -0.2) is 0 Å². The summed E-state index contributed by atoms with van der Waals surface area (Å²) in [4.78, 5) is 4.18. The molecule has 0 saturated heterocycles. The van der Waals surface area contributed by atoms with Crippen molar-refractivity contribution in [3.63, 3.8) is 0 Å². The Morgan fingerprint density at radius 2 is 2.27 bits per heavy atom. The van der Waals surface area contributed by atoms with Crippen molar-refractivity contribution in [2.24, 2.45) is 4.99 Å². The van der Waals surface area contributed by atoms with E-state index in [9.17, 15) is 5.11 Å². The molecule has 1 N–H and O–H groups in total. The third kappa shape index (κ3) is 1.38. The van der Waals surface area contributed by atoms with Crippen LogP contribution >= 0.6 is 0 Å². The fourth-order valence-electron chi connectivity index (χ4n) is 2.19. The summed E-state index contributed by atoms with van der Waals surface area (Å²) in [5.74, 6) is 0.693. The molecule has 0 saturated carbocycles. The minimum atomic E-state index is 0.337. The van der Waals surface area contributed by atoms with Gasteiger partial charge in [0, 0.05) is 18.3 Å². The molecule has 0 unspecified atom stereocenters. The average molecular weight is 197 g/mol. The standard InChI is InChI=1S/C13H11NO/c15-12-2-1-10-5-9-6-11(13(10)7-12)3-4-14-8-9/h1-5,7-8,11,15H,6H2/t11-/m1/s1. The maximum atomic E-state index is 9.48. The molecule has 1 aromatic rings. The van der Waals surface area contributed by atoms with Crippen molar-refractivity contribution >= 4 is 12.3 Å². The zero-order valence-corrected chi connectivity index (χ0v) is 8.22. The van der Waals surface area contributed by atoms with Crippen LogP contribution in [0.3, 0.4) is 0 Å². The van der Waals surface area contributed by atoms with Gasteiger partial charge in [0.05, 0.1) is 0 Å². The van der Waals surface area contributed by atoms with Gasteiger partial charge in [-0.3, -0.25) is 4.99 Å². The second-order valence-corrected chi connectivity index (χ2v) is 3.96. The van der Waals surface area contributed by atoms with Gasteiger partial charge in [0.2, 0.25) is 0 Å². The zero-order chi connectivity index (χ0) is 10.3. The van der Waals surface area contributed by atoms with Crippen LogP contribution in [-0.4, -0.2) is 11.3 Å². The number of aromatic hydroxyl groups is 1. The van der Waals surface area contributed by atoms with Crippen molar-refractivity contribution in [2.75, 3.05) is 0 Å². The first kappa shape index (κ1) is 8.48. The van der Waals surface area contributed by atoms with Crippen molar-refractivity contribution in [3.05, 3.63) is 47.2 Å². The molecule has 0 radical (unpaired) electrons. The lowest BCUT2D eigenvalue weighted by atomic mass is 9.83. The fourth-order valence-corrected chi connectivity index (χ4v) is 2.19. The van der Waals surface area contributed by atoms with Crippen LogP contribution < -0.4 is 0 Å². The maximum absolute atomic E-state index is 9.48. The predicted octanol–water partition coefficient (Wildman–Crippen LogP) is 2.86. The highest BCUT2D eigenvalue weighted by Gasteiger charge is 2.19. The van der Waals surface area contributed by atoms with E-state index in [0.717, 1.165) is 6.42 Å². The lowest BCUT2D eigenvalue weighted by Crippen LogP contribution is -2.04. The highest BCUT2D eigenvalue weighted by molar-refractivity contribution is 5.88. The molecule has 2 heteroatoms. The molecule has 1 atom stereocenters. The number of phenolic OH excluding ortho intramolecular Hbond substituents is 1. The molecule has 2 nitrogen and oxygen atoms in total. The first-order chi connectivity index (χ1) is 7.33. The third-order valence-electron chi connectivity index (χ3n) is 2.91. The monoisotopic (exact) mass is 197 g/mol. The molecular weight excluding hydrogens is 186 g/mol. The fraction of sp³-hybridized carbons (Fsp3) is 0.154. The molecule has 1 aliphatic heterocycles. The van der Waals surface area contributed by atoms with Crippen molar-refractivity contribution in [3.8, 4) is 5.75 Å². The van der Waals surface area contributed by atoms with Gasteiger partial charge in [-0.2, -0.15) is 0 Å². The van der Waals surface area contributed by atoms with E-state index in [-0.39, 0.29) is 0 Å². The van der Waals surface area contributed by atoms with Gasteiger partial charge >= 0.3 is 0 Å². The van der Waals surface area contributed by atoms with Crippen molar-refractivity contribution < 1.29 is 5.11 Å². The molecule has 0 fully saturated rings. The van der Waals surface area contributed by atoms with Crippen LogP contribution in [0.2, 0.25) is 0 Å². The van der Waals surface area contributed by atoms with Crippen molar-refractivity contribution in [2.45, 2.75) is 12.3 Å². The Kier molecular flexibility index (Phi) is 1.75. The summed E-state index contributed by atoms with van der Waals surface area (Å²) in [5.41, 5.74) is 3.64. The molecule has 1 aromatic carbocycles. The van der Waals surface area contributed by atoms with Gasteiger partial charge in [-0.15, -0.1) is 0 Å². The molecular formula is C13H11NO. The van der Waals surface area contributed by atoms with Crippen molar-refractivity contribution in [1.29, 1.82) is 0 Å². The van der Waals surface area contributed by atoms with Crippen molar-refractivity contribution in [1.82, 2.24) is 0 Å². The third-order valence-corrected chi connectivity index (χ3v) is 2.91. The Labute approximate surface area is 88.3 Å². The topological polar surface area (TPSA) is 32.6 Å². The lowest BCUT2D eigenvalue weighted by molar-refractivity contribution is 0.474. The van der Waals surface area contributed by atoms with Crippen LogP contribution in [0, 0.1) is 0 Å². The first-order valence-electron chi connectivity index (χ1n) is 5.06. The van der Waals surface area contributed by atoms with E-state index in [2.05, 4.69) is 17.1 Å². The van der Waals surface area contributed by atoms with Crippen LogP contribution in [0.5, 0.6) is 5.75 Å². The second-order valence-electron chi connectivity index (χ2n) is 3.96. The summed E-state index contributed by atoms with van der Waals surface area (Å²) >= 11 is 0. The molecule has 1 heterocycles. The van der Waals surface area contributed by atoms with Crippen LogP contribution in [0.15, 0.2) is 41.0 Å². The van der Waals surface area contributed by atoms with Gasteiger partial charge in [-0.1, -0.05) is 12.1 Å². The molecule has 15 heavy (non-hydrogen) atoms. The normalized spacial score (nSPS) is 21.9. The smallest absolute Gasteiger partial charge is 0.115 e. The highest BCUT2D eigenvalue weighted by atomic mass is 16.3. The quantitative estimate of drug-likeness (QED) is 0.681. The number of phenols is 1. The molecule has 0 aromatic heterocycles. The highest BCUT2D eigenvalue weighted by Crippen LogP contribution is 2.36. The molecule has 0 amide bonds. The average Bonchev–Trinajstić information content (AvgIpc) is 2.43. The van der Waals surface area contributed by atoms with Crippen LogP contribution in [-0.2, 0) is 0 Å². The summed E-state index contributed by atoms with van der Waals surface area (Å²) in [6.45, 7) is 0. The molecule has 1 aliphatic carbocycles. The summed E-state index contributed by atoms with van der Waals surface area (Å²) in [5, 5.41) is 9.48. The Balaban J connectivity index is 2.22. The lowest BCUT2D eigenvalue weighted by Gasteiger charge is -2.20. The van der Waals surface area contributed by atoms with E-state index in [0.29, 0.717) is 11.7 Å². The van der Waals surface area contributed by atoms with E-state index in [1.807, 2.05) is 24.5 Å². The van der Waals surface area contributed by atoms with Gasteiger partial charge in [0.1, 0.15) is 5.75 Å². The van der Waals surface area contributed by atoms with E-state index in [1.165, 1.54) is 16.7 Å². The number of nitrogens with zero attached hydrogens (tertiary/aromatic N) is 1. The summed E-state index contributed by atoms with van der Waals surface area (Å²) in [6.07, 6.45) is 8.96. The molecule has 2 bridgehead atoms. The number of rotatable bonds is 0. The van der Waals surface area contributed by atoms with Crippen LogP contribution in [0.4, 0.5) is 0 Å². The number of hydrogen-bond donors (Lipinski definition) is 1. The van der Waals surface area contributed by atoms with Crippen LogP contribution in [0.1, 0.15) is 23.5 Å².